The summed E-state index contributed by atoms with van der Waals surface area (Å²) in [6, 6.07) is -1.06. The van der Waals surface area contributed by atoms with E-state index >= 15 is 0 Å². The molecule has 0 aliphatic carbocycles. The molecule has 1 heterocycles. The number of hydrogen-bond acceptors (Lipinski definition) is 5. The lowest BCUT2D eigenvalue weighted by atomic mass is 10.2. The average molecular weight is 246 g/mol. The summed E-state index contributed by atoms with van der Waals surface area (Å²) in [7, 11) is 1.39. The van der Waals surface area contributed by atoms with Gasteiger partial charge in [-0.3, -0.25) is 4.79 Å². The zero-order valence-electron chi connectivity index (χ0n) is 9.77. The zero-order valence-corrected chi connectivity index (χ0v) is 9.77. The van der Waals surface area contributed by atoms with Gasteiger partial charge in [-0.2, -0.15) is 0 Å². The molecule has 0 bridgehead atoms. The first kappa shape index (κ1) is 13.9. The molecule has 2 atom stereocenters. The van der Waals surface area contributed by atoms with Crippen LogP contribution in [0.1, 0.15) is 6.42 Å². The molecule has 1 aliphatic rings. The van der Waals surface area contributed by atoms with Gasteiger partial charge in [-0.1, -0.05) is 0 Å². The first-order valence-electron chi connectivity index (χ1n) is 5.45. The largest absolute Gasteiger partial charge is 0.480 e. The smallest absolute Gasteiger partial charge is 0.328 e. The fourth-order valence-electron chi connectivity index (χ4n) is 1.57. The van der Waals surface area contributed by atoms with Crippen LogP contribution in [0.2, 0.25) is 0 Å². The van der Waals surface area contributed by atoms with E-state index in [1.807, 2.05) is 0 Å². The Morgan fingerprint density at radius 3 is 2.94 bits per heavy atom. The SMILES string of the molecule is COCC(NC(=O)CC1COCCN1)C(=O)O. The maximum Gasteiger partial charge on any atom is 0.328 e. The van der Waals surface area contributed by atoms with Gasteiger partial charge in [0.15, 0.2) is 6.04 Å². The second-order valence-corrected chi connectivity index (χ2v) is 3.84. The van der Waals surface area contributed by atoms with Gasteiger partial charge in [0.05, 0.1) is 19.8 Å². The lowest BCUT2D eigenvalue weighted by molar-refractivity contribution is -0.143. The highest BCUT2D eigenvalue weighted by Crippen LogP contribution is 1.99. The van der Waals surface area contributed by atoms with Gasteiger partial charge < -0.3 is 25.2 Å². The van der Waals surface area contributed by atoms with E-state index in [-0.39, 0.29) is 25.0 Å². The molecule has 17 heavy (non-hydrogen) atoms. The number of aliphatic carboxylic acids is 1. The summed E-state index contributed by atoms with van der Waals surface area (Å²) >= 11 is 0. The third-order valence-electron chi connectivity index (χ3n) is 2.40. The summed E-state index contributed by atoms with van der Waals surface area (Å²) in [5.41, 5.74) is 0. The van der Waals surface area contributed by atoms with Crippen LogP contribution >= 0.6 is 0 Å². The molecular weight excluding hydrogens is 228 g/mol. The number of hydrogen-bond donors (Lipinski definition) is 3. The maximum atomic E-state index is 11.6. The Balaban J connectivity index is 2.33. The number of amides is 1. The highest BCUT2D eigenvalue weighted by atomic mass is 16.5. The Bertz CT molecular complexity index is 265. The van der Waals surface area contributed by atoms with Gasteiger partial charge in [0, 0.05) is 26.1 Å². The number of nitrogens with one attached hydrogen (secondary N) is 2. The molecular formula is C10H18N2O5. The maximum absolute atomic E-state index is 11.6. The monoisotopic (exact) mass is 246 g/mol. The molecule has 7 nitrogen and oxygen atoms in total. The number of carboxylic acids is 1. The van der Waals surface area contributed by atoms with Gasteiger partial charge in [-0.05, 0) is 0 Å². The Labute approximate surface area is 99.5 Å². The molecule has 1 aliphatic heterocycles. The number of methoxy groups -OCH3 is 1. The van der Waals surface area contributed by atoms with Gasteiger partial charge in [-0.25, -0.2) is 4.79 Å². The summed E-state index contributed by atoms with van der Waals surface area (Å²) in [4.78, 5) is 22.4. The van der Waals surface area contributed by atoms with E-state index in [9.17, 15) is 9.59 Å². The highest BCUT2D eigenvalue weighted by molar-refractivity contribution is 5.83. The molecule has 3 N–H and O–H groups in total. The Morgan fingerprint density at radius 1 is 1.65 bits per heavy atom. The van der Waals surface area contributed by atoms with E-state index in [0.717, 1.165) is 0 Å². The third-order valence-corrected chi connectivity index (χ3v) is 2.40. The van der Waals surface area contributed by atoms with E-state index in [0.29, 0.717) is 19.8 Å². The third kappa shape index (κ3) is 5.12. The van der Waals surface area contributed by atoms with Crippen LogP contribution in [0.15, 0.2) is 0 Å². The first-order chi connectivity index (χ1) is 8.13. The number of carbonyl (C=O) groups is 2. The zero-order chi connectivity index (χ0) is 12.7. The van der Waals surface area contributed by atoms with Crippen molar-refractivity contribution in [2.45, 2.75) is 18.5 Å². The predicted octanol–water partition coefficient (Wildman–Crippen LogP) is -1.42. The summed E-state index contributed by atoms with van der Waals surface area (Å²) in [6.45, 7) is 1.77. The molecule has 0 radical (unpaired) electrons. The number of ether oxygens (including phenoxy) is 2. The van der Waals surface area contributed by atoms with Crippen molar-refractivity contribution in [2.75, 3.05) is 33.5 Å². The summed E-state index contributed by atoms with van der Waals surface area (Å²) in [5.74, 6) is -1.43. The van der Waals surface area contributed by atoms with Crippen LogP contribution < -0.4 is 10.6 Å². The Morgan fingerprint density at radius 2 is 2.41 bits per heavy atom. The van der Waals surface area contributed by atoms with Crippen LogP contribution in [-0.4, -0.2) is 62.5 Å². The minimum absolute atomic E-state index is 0.0460. The van der Waals surface area contributed by atoms with Crippen molar-refractivity contribution in [1.29, 1.82) is 0 Å². The normalized spacial score (nSPS) is 21.8. The number of carboxylic acid groups (broad SMARTS) is 1. The van der Waals surface area contributed by atoms with Crippen LogP contribution in [0.25, 0.3) is 0 Å². The lowest BCUT2D eigenvalue weighted by Gasteiger charge is -2.24. The standard InChI is InChI=1S/C10H18N2O5/c1-16-6-8(10(14)15)12-9(13)4-7-5-17-3-2-11-7/h7-8,11H,2-6H2,1H3,(H,12,13)(H,14,15). The number of carbonyl (C=O) groups excluding carboxylic acids is 1. The second-order valence-electron chi connectivity index (χ2n) is 3.84. The molecule has 7 heteroatoms. The Kier molecular flexibility index (Phi) is 5.88. The van der Waals surface area contributed by atoms with E-state index in [4.69, 9.17) is 14.6 Å². The van der Waals surface area contributed by atoms with Gasteiger partial charge in [-0.15, -0.1) is 0 Å². The van der Waals surface area contributed by atoms with Crippen molar-refractivity contribution >= 4 is 11.9 Å². The molecule has 0 aromatic rings. The van der Waals surface area contributed by atoms with Crippen molar-refractivity contribution < 1.29 is 24.2 Å². The summed E-state index contributed by atoms with van der Waals surface area (Å²) in [5, 5.41) is 14.3. The molecule has 0 saturated carbocycles. The van der Waals surface area contributed by atoms with Crippen LogP contribution in [0.3, 0.4) is 0 Å². The Hall–Kier alpha value is -1.18. The number of morpholine rings is 1. The predicted molar refractivity (Wildman–Crippen MR) is 58.7 cm³/mol. The van der Waals surface area contributed by atoms with Crippen molar-refractivity contribution in [1.82, 2.24) is 10.6 Å². The molecule has 98 valence electrons. The topological polar surface area (TPSA) is 96.9 Å². The molecule has 1 saturated heterocycles. The van der Waals surface area contributed by atoms with Crippen LogP contribution in [0.4, 0.5) is 0 Å². The molecule has 0 aromatic heterocycles. The van der Waals surface area contributed by atoms with Crippen LogP contribution in [0, 0.1) is 0 Å². The molecule has 0 aromatic carbocycles. The van der Waals surface area contributed by atoms with Crippen LogP contribution in [-0.2, 0) is 19.1 Å². The van der Waals surface area contributed by atoms with Crippen molar-refractivity contribution in [3.8, 4) is 0 Å². The minimum atomic E-state index is -1.10. The quantitative estimate of drug-likeness (QED) is 0.532. The van der Waals surface area contributed by atoms with E-state index < -0.39 is 12.0 Å². The summed E-state index contributed by atoms with van der Waals surface area (Å²) < 4.78 is 9.92. The lowest BCUT2D eigenvalue weighted by Crippen LogP contribution is -2.48. The first-order valence-corrected chi connectivity index (χ1v) is 5.45. The van der Waals surface area contributed by atoms with Gasteiger partial charge >= 0.3 is 5.97 Å². The van der Waals surface area contributed by atoms with Gasteiger partial charge in [0.25, 0.3) is 0 Å². The van der Waals surface area contributed by atoms with Gasteiger partial charge in [0.1, 0.15) is 0 Å². The highest BCUT2D eigenvalue weighted by Gasteiger charge is 2.22. The number of rotatable bonds is 6. The van der Waals surface area contributed by atoms with Crippen molar-refractivity contribution in [3.05, 3.63) is 0 Å². The minimum Gasteiger partial charge on any atom is -0.480 e. The van der Waals surface area contributed by atoms with Crippen LogP contribution in [0.5, 0.6) is 0 Å². The average Bonchev–Trinajstić information content (AvgIpc) is 2.29. The van der Waals surface area contributed by atoms with Crippen molar-refractivity contribution in [3.63, 3.8) is 0 Å². The molecule has 1 rings (SSSR count). The fraction of sp³-hybridized carbons (Fsp3) is 0.800. The van der Waals surface area contributed by atoms with E-state index in [1.165, 1.54) is 7.11 Å². The fourth-order valence-corrected chi connectivity index (χ4v) is 1.57. The molecule has 2 unspecified atom stereocenters. The molecule has 1 amide bonds. The molecule has 1 fully saturated rings. The second kappa shape index (κ2) is 7.21. The van der Waals surface area contributed by atoms with E-state index in [2.05, 4.69) is 10.6 Å². The van der Waals surface area contributed by atoms with Crippen molar-refractivity contribution in [2.24, 2.45) is 0 Å². The molecule has 0 spiro atoms. The van der Waals surface area contributed by atoms with Gasteiger partial charge in [0.2, 0.25) is 5.91 Å². The summed E-state index contributed by atoms with van der Waals surface area (Å²) in [6.07, 6.45) is 0.202. The van der Waals surface area contributed by atoms with E-state index in [1.54, 1.807) is 0 Å².